The summed E-state index contributed by atoms with van der Waals surface area (Å²) in [6.45, 7) is 5.91. The molecule has 52 valence electrons. The van der Waals surface area contributed by atoms with Crippen LogP contribution in [-0.2, 0) is 0 Å². The van der Waals surface area contributed by atoms with Crippen molar-refractivity contribution >= 4 is 6.21 Å². The van der Waals surface area contributed by atoms with E-state index in [2.05, 4.69) is 11.9 Å². The molecule has 2 N–H and O–H groups in total. The van der Waals surface area contributed by atoms with Gasteiger partial charge in [-0.15, -0.1) is 0 Å². The molecule has 0 rings (SSSR count). The molecular formula is C7H14N2. The minimum absolute atomic E-state index is 0.653. The molecule has 0 radical (unpaired) electrons. The van der Waals surface area contributed by atoms with E-state index in [1.807, 2.05) is 13.8 Å². The molecule has 0 aliphatic rings. The predicted molar refractivity (Wildman–Crippen MR) is 41.3 cm³/mol. The van der Waals surface area contributed by atoms with E-state index >= 15 is 0 Å². The highest BCUT2D eigenvalue weighted by molar-refractivity contribution is 5.55. The quantitative estimate of drug-likeness (QED) is 0.561. The Morgan fingerprint density at radius 2 is 2.22 bits per heavy atom. The zero-order valence-electron chi connectivity index (χ0n) is 6.31. The van der Waals surface area contributed by atoms with E-state index in [4.69, 9.17) is 5.73 Å². The van der Waals surface area contributed by atoms with E-state index in [0.29, 0.717) is 5.82 Å². The average molecular weight is 126 g/mol. The second-order valence-corrected chi connectivity index (χ2v) is 1.91. The molecule has 0 heterocycles. The number of aliphatic imine (C=N–C) groups is 1. The van der Waals surface area contributed by atoms with Crippen molar-refractivity contribution in [3.63, 3.8) is 0 Å². The van der Waals surface area contributed by atoms with Crippen LogP contribution in [0.1, 0.15) is 27.2 Å². The summed E-state index contributed by atoms with van der Waals surface area (Å²) in [5, 5.41) is 0. The van der Waals surface area contributed by atoms with E-state index < -0.39 is 0 Å². The highest BCUT2D eigenvalue weighted by Gasteiger charge is 1.88. The first-order valence-electron chi connectivity index (χ1n) is 3.16. The van der Waals surface area contributed by atoms with Crippen LogP contribution in [-0.4, -0.2) is 6.21 Å². The van der Waals surface area contributed by atoms with Crippen molar-refractivity contribution in [2.24, 2.45) is 10.7 Å². The highest BCUT2D eigenvalue weighted by atomic mass is 14.9. The zero-order chi connectivity index (χ0) is 7.28. The summed E-state index contributed by atoms with van der Waals surface area (Å²) >= 11 is 0. The Bertz CT molecular complexity index is 134. The number of hydrogen-bond donors (Lipinski definition) is 1. The van der Waals surface area contributed by atoms with Crippen molar-refractivity contribution in [2.75, 3.05) is 0 Å². The van der Waals surface area contributed by atoms with Gasteiger partial charge in [0.1, 0.15) is 5.82 Å². The Morgan fingerprint density at radius 3 is 2.56 bits per heavy atom. The SMILES string of the molecule is CC=N/C(N)=C(/C)CC. The van der Waals surface area contributed by atoms with Crippen molar-refractivity contribution in [1.29, 1.82) is 0 Å². The van der Waals surface area contributed by atoms with Gasteiger partial charge in [-0.2, -0.15) is 0 Å². The summed E-state index contributed by atoms with van der Waals surface area (Å²) in [5.41, 5.74) is 6.67. The fraction of sp³-hybridized carbons (Fsp3) is 0.571. The predicted octanol–water partition coefficient (Wildman–Crippen LogP) is 1.68. The molecule has 0 aliphatic carbocycles. The van der Waals surface area contributed by atoms with Gasteiger partial charge in [0.05, 0.1) is 0 Å². The molecule has 9 heavy (non-hydrogen) atoms. The van der Waals surface area contributed by atoms with Crippen LogP contribution in [0.4, 0.5) is 0 Å². The first-order valence-corrected chi connectivity index (χ1v) is 3.16. The van der Waals surface area contributed by atoms with Crippen LogP contribution in [0.5, 0.6) is 0 Å². The standard InChI is InChI=1S/C7H14N2/c1-4-6(3)7(8)9-5-2/h5H,4,8H2,1-3H3/b7-6-,9-5?. The molecule has 2 heteroatoms. The Morgan fingerprint density at radius 1 is 1.67 bits per heavy atom. The summed E-state index contributed by atoms with van der Waals surface area (Å²) in [7, 11) is 0. The van der Waals surface area contributed by atoms with Crippen molar-refractivity contribution in [3.8, 4) is 0 Å². The van der Waals surface area contributed by atoms with Gasteiger partial charge in [0.15, 0.2) is 0 Å². The minimum atomic E-state index is 0.653. The third-order valence-electron chi connectivity index (χ3n) is 1.24. The Balaban J connectivity index is 4.10. The summed E-state index contributed by atoms with van der Waals surface area (Å²) < 4.78 is 0. The van der Waals surface area contributed by atoms with Gasteiger partial charge in [-0.1, -0.05) is 6.92 Å². The van der Waals surface area contributed by atoms with E-state index in [1.165, 1.54) is 0 Å². The Labute approximate surface area is 56.5 Å². The van der Waals surface area contributed by atoms with Crippen LogP contribution in [0.3, 0.4) is 0 Å². The molecule has 0 atom stereocenters. The lowest BCUT2D eigenvalue weighted by Crippen LogP contribution is -1.96. The van der Waals surface area contributed by atoms with E-state index in [-0.39, 0.29) is 0 Å². The van der Waals surface area contributed by atoms with E-state index in [1.54, 1.807) is 6.21 Å². The molecule has 0 saturated carbocycles. The first kappa shape index (κ1) is 8.21. The molecule has 0 fully saturated rings. The maximum atomic E-state index is 5.52. The molecule has 0 amide bonds. The maximum absolute atomic E-state index is 5.52. The number of rotatable bonds is 2. The summed E-state index contributed by atoms with van der Waals surface area (Å²) in [6.07, 6.45) is 2.68. The van der Waals surface area contributed by atoms with E-state index in [0.717, 1.165) is 12.0 Å². The number of nitrogens with two attached hydrogens (primary N) is 1. The monoisotopic (exact) mass is 126 g/mol. The molecule has 2 nitrogen and oxygen atoms in total. The second-order valence-electron chi connectivity index (χ2n) is 1.91. The van der Waals surface area contributed by atoms with Crippen LogP contribution in [0.2, 0.25) is 0 Å². The molecule has 0 bridgehead atoms. The van der Waals surface area contributed by atoms with Gasteiger partial charge in [-0.05, 0) is 25.8 Å². The van der Waals surface area contributed by atoms with Gasteiger partial charge in [-0.3, -0.25) is 0 Å². The van der Waals surface area contributed by atoms with Gasteiger partial charge in [0.2, 0.25) is 0 Å². The van der Waals surface area contributed by atoms with Crippen LogP contribution in [0.15, 0.2) is 16.4 Å². The normalized spacial score (nSPS) is 14.1. The fourth-order valence-corrected chi connectivity index (χ4v) is 0.430. The van der Waals surface area contributed by atoms with Crippen molar-refractivity contribution in [3.05, 3.63) is 11.4 Å². The lowest BCUT2D eigenvalue weighted by Gasteiger charge is -1.96. The van der Waals surface area contributed by atoms with Crippen molar-refractivity contribution in [1.82, 2.24) is 0 Å². The summed E-state index contributed by atoms with van der Waals surface area (Å²) in [5.74, 6) is 0.653. The third-order valence-corrected chi connectivity index (χ3v) is 1.24. The number of hydrogen-bond acceptors (Lipinski definition) is 2. The topological polar surface area (TPSA) is 38.4 Å². The van der Waals surface area contributed by atoms with Crippen LogP contribution >= 0.6 is 0 Å². The Hall–Kier alpha value is -0.790. The highest BCUT2D eigenvalue weighted by Crippen LogP contribution is 2.02. The largest absolute Gasteiger partial charge is 0.384 e. The maximum Gasteiger partial charge on any atom is 0.121 e. The molecule has 0 aromatic rings. The van der Waals surface area contributed by atoms with Gasteiger partial charge in [0, 0.05) is 6.21 Å². The first-order chi connectivity index (χ1) is 4.22. The van der Waals surface area contributed by atoms with Gasteiger partial charge >= 0.3 is 0 Å². The average Bonchev–Trinajstić information content (AvgIpc) is 1.87. The molecule has 0 saturated heterocycles. The van der Waals surface area contributed by atoms with E-state index in [9.17, 15) is 0 Å². The van der Waals surface area contributed by atoms with Gasteiger partial charge in [-0.25, -0.2) is 4.99 Å². The molecule has 0 aliphatic heterocycles. The zero-order valence-corrected chi connectivity index (χ0v) is 6.31. The lowest BCUT2D eigenvalue weighted by atomic mass is 10.2. The lowest BCUT2D eigenvalue weighted by molar-refractivity contribution is 1.03. The van der Waals surface area contributed by atoms with Crippen LogP contribution in [0.25, 0.3) is 0 Å². The molecule has 0 spiro atoms. The molecule has 0 unspecified atom stereocenters. The molecule has 0 aromatic heterocycles. The summed E-state index contributed by atoms with van der Waals surface area (Å²) in [4.78, 5) is 3.93. The third kappa shape index (κ3) is 2.90. The van der Waals surface area contributed by atoms with Crippen molar-refractivity contribution in [2.45, 2.75) is 27.2 Å². The smallest absolute Gasteiger partial charge is 0.121 e. The second kappa shape index (κ2) is 4.13. The molecular weight excluding hydrogens is 112 g/mol. The minimum Gasteiger partial charge on any atom is -0.384 e. The van der Waals surface area contributed by atoms with Gasteiger partial charge in [0.25, 0.3) is 0 Å². The van der Waals surface area contributed by atoms with Crippen molar-refractivity contribution < 1.29 is 0 Å². The Kier molecular flexibility index (Phi) is 3.76. The molecule has 0 aromatic carbocycles. The summed E-state index contributed by atoms with van der Waals surface area (Å²) in [6, 6.07) is 0. The number of allylic oxidation sites excluding steroid dienone is 1. The van der Waals surface area contributed by atoms with Gasteiger partial charge < -0.3 is 5.73 Å². The number of nitrogens with zero attached hydrogens (tertiary/aromatic N) is 1. The fourth-order valence-electron chi connectivity index (χ4n) is 0.430. The van der Waals surface area contributed by atoms with Crippen LogP contribution in [0, 0.1) is 0 Å². The van der Waals surface area contributed by atoms with Crippen LogP contribution < -0.4 is 5.73 Å².